The number of Topliss-reactive ketones (excluding diaryl/α,β-unsaturated/α-hetero) is 1. The van der Waals surface area contributed by atoms with Gasteiger partial charge in [-0.15, -0.1) is 0 Å². The van der Waals surface area contributed by atoms with Crippen LogP contribution < -0.4 is 10.6 Å². The molecule has 2 aromatic carbocycles. The lowest BCUT2D eigenvalue weighted by molar-refractivity contribution is -0.117. The molecule has 0 radical (unpaired) electrons. The zero-order valence-electron chi connectivity index (χ0n) is 13.7. The predicted octanol–water partition coefficient (Wildman–Crippen LogP) is 3.57. The van der Waals surface area contributed by atoms with E-state index in [1.807, 2.05) is 44.2 Å². The number of hydrogen-bond donors (Lipinski definition) is 2. The fourth-order valence-electron chi connectivity index (χ4n) is 2.33. The smallest absolute Gasteiger partial charge is 0.241 e. The van der Waals surface area contributed by atoms with E-state index < -0.39 is 0 Å². The van der Waals surface area contributed by atoms with Crippen LogP contribution in [-0.2, 0) is 4.79 Å². The number of nitrogens with one attached hydrogen (secondary N) is 2. The molecule has 0 aliphatic heterocycles. The van der Waals surface area contributed by atoms with Gasteiger partial charge >= 0.3 is 0 Å². The second-order valence-electron chi connectivity index (χ2n) is 5.64. The topological polar surface area (TPSA) is 58.2 Å². The number of carbonyl (C=O) groups is 2. The summed E-state index contributed by atoms with van der Waals surface area (Å²) in [5.74, 6) is -0.0991. The quantitative estimate of drug-likeness (QED) is 0.802. The summed E-state index contributed by atoms with van der Waals surface area (Å²) < 4.78 is 0. The van der Waals surface area contributed by atoms with Crippen LogP contribution in [0.15, 0.2) is 54.6 Å². The minimum Gasteiger partial charge on any atom is -0.325 e. The fraction of sp³-hybridized carbons (Fsp3) is 0.263. The van der Waals surface area contributed by atoms with Crippen molar-refractivity contribution in [3.8, 4) is 0 Å². The molecular formula is C19H22N2O2. The standard InChI is InChI=1S/C19H22N2O2/c1-13(16-7-5-4-6-8-16)20-14(2)19(23)21-18-11-9-17(10-12-18)15(3)22/h4-14,20H,1-3H3,(H,21,23)/t13-,14-/m0/s1. The van der Waals surface area contributed by atoms with E-state index in [9.17, 15) is 9.59 Å². The minimum atomic E-state index is -0.335. The SMILES string of the molecule is CC(=O)c1ccc(NC(=O)[C@H](C)N[C@@H](C)c2ccccc2)cc1. The zero-order valence-corrected chi connectivity index (χ0v) is 13.7. The Kier molecular flexibility index (Phi) is 5.66. The summed E-state index contributed by atoms with van der Waals surface area (Å²) in [6, 6.07) is 16.6. The van der Waals surface area contributed by atoms with E-state index in [1.165, 1.54) is 6.92 Å². The van der Waals surface area contributed by atoms with E-state index >= 15 is 0 Å². The molecule has 0 unspecified atom stereocenters. The lowest BCUT2D eigenvalue weighted by Crippen LogP contribution is -2.39. The van der Waals surface area contributed by atoms with Crippen LogP contribution in [0.2, 0.25) is 0 Å². The first kappa shape index (κ1) is 16.9. The van der Waals surface area contributed by atoms with Crippen LogP contribution in [0.3, 0.4) is 0 Å². The molecule has 2 rings (SSSR count). The van der Waals surface area contributed by atoms with E-state index in [0.29, 0.717) is 11.3 Å². The van der Waals surface area contributed by atoms with E-state index in [1.54, 1.807) is 24.3 Å². The van der Waals surface area contributed by atoms with Crippen LogP contribution in [0.1, 0.15) is 42.7 Å². The molecule has 0 saturated carbocycles. The number of hydrogen-bond acceptors (Lipinski definition) is 3. The molecule has 120 valence electrons. The van der Waals surface area contributed by atoms with Crippen LogP contribution >= 0.6 is 0 Å². The van der Waals surface area contributed by atoms with Crippen molar-refractivity contribution in [2.75, 3.05) is 5.32 Å². The third kappa shape index (κ3) is 4.76. The molecule has 0 aromatic heterocycles. The van der Waals surface area contributed by atoms with Crippen LogP contribution in [0.4, 0.5) is 5.69 Å². The Morgan fingerprint density at radius 3 is 2.09 bits per heavy atom. The Balaban J connectivity index is 1.93. The first-order chi connectivity index (χ1) is 11.0. The summed E-state index contributed by atoms with van der Waals surface area (Å²) in [5.41, 5.74) is 2.45. The maximum absolute atomic E-state index is 12.3. The minimum absolute atomic E-state index is 0.00889. The molecule has 0 heterocycles. The molecule has 2 atom stereocenters. The highest BCUT2D eigenvalue weighted by Gasteiger charge is 2.16. The molecule has 2 aromatic rings. The maximum Gasteiger partial charge on any atom is 0.241 e. The van der Waals surface area contributed by atoms with Crippen LogP contribution in [-0.4, -0.2) is 17.7 Å². The number of benzene rings is 2. The lowest BCUT2D eigenvalue weighted by Gasteiger charge is -2.20. The first-order valence-electron chi connectivity index (χ1n) is 7.70. The molecule has 0 bridgehead atoms. The van der Waals surface area contributed by atoms with Gasteiger partial charge in [-0.25, -0.2) is 0 Å². The molecule has 0 saturated heterocycles. The van der Waals surface area contributed by atoms with Crippen molar-refractivity contribution in [1.82, 2.24) is 5.32 Å². The van der Waals surface area contributed by atoms with Crippen molar-refractivity contribution < 1.29 is 9.59 Å². The Morgan fingerprint density at radius 2 is 1.52 bits per heavy atom. The highest BCUT2D eigenvalue weighted by Crippen LogP contribution is 2.14. The Hall–Kier alpha value is -2.46. The molecule has 1 amide bonds. The van der Waals surface area contributed by atoms with Crippen molar-refractivity contribution in [3.05, 3.63) is 65.7 Å². The third-order valence-electron chi connectivity index (χ3n) is 3.75. The third-order valence-corrected chi connectivity index (χ3v) is 3.75. The lowest BCUT2D eigenvalue weighted by atomic mass is 10.1. The number of amides is 1. The summed E-state index contributed by atoms with van der Waals surface area (Å²) in [6.07, 6.45) is 0. The first-order valence-corrected chi connectivity index (χ1v) is 7.70. The number of carbonyl (C=O) groups excluding carboxylic acids is 2. The molecule has 4 heteroatoms. The summed E-state index contributed by atoms with van der Waals surface area (Å²) in [6.45, 7) is 5.38. The van der Waals surface area contributed by atoms with Crippen molar-refractivity contribution in [2.24, 2.45) is 0 Å². The van der Waals surface area contributed by atoms with Crippen molar-refractivity contribution in [1.29, 1.82) is 0 Å². The van der Waals surface area contributed by atoms with Gasteiger partial charge in [0.25, 0.3) is 0 Å². The summed E-state index contributed by atoms with van der Waals surface area (Å²) >= 11 is 0. The fourth-order valence-corrected chi connectivity index (χ4v) is 2.33. The molecular weight excluding hydrogens is 288 g/mol. The van der Waals surface area contributed by atoms with Crippen molar-refractivity contribution in [3.63, 3.8) is 0 Å². The summed E-state index contributed by atoms with van der Waals surface area (Å²) in [5, 5.41) is 6.13. The Bertz CT molecular complexity index is 666. The zero-order chi connectivity index (χ0) is 16.8. The van der Waals surface area contributed by atoms with Gasteiger partial charge in [0.2, 0.25) is 5.91 Å². The van der Waals surface area contributed by atoms with Crippen LogP contribution in [0.5, 0.6) is 0 Å². The van der Waals surface area contributed by atoms with E-state index in [2.05, 4.69) is 10.6 Å². The van der Waals surface area contributed by atoms with Gasteiger partial charge in [-0.05, 0) is 50.6 Å². The molecule has 0 aliphatic rings. The average molecular weight is 310 g/mol. The number of rotatable bonds is 6. The molecule has 23 heavy (non-hydrogen) atoms. The van der Waals surface area contributed by atoms with Gasteiger partial charge in [-0.1, -0.05) is 30.3 Å². The summed E-state index contributed by atoms with van der Waals surface area (Å²) in [7, 11) is 0. The Morgan fingerprint density at radius 1 is 0.913 bits per heavy atom. The predicted molar refractivity (Wildman–Crippen MR) is 92.5 cm³/mol. The monoisotopic (exact) mass is 310 g/mol. The van der Waals surface area contributed by atoms with Crippen molar-refractivity contribution in [2.45, 2.75) is 32.9 Å². The highest BCUT2D eigenvalue weighted by molar-refractivity contribution is 5.96. The number of ketones is 1. The molecule has 2 N–H and O–H groups in total. The summed E-state index contributed by atoms with van der Waals surface area (Å²) in [4.78, 5) is 23.5. The molecule has 4 nitrogen and oxygen atoms in total. The highest BCUT2D eigenvalue weighted by atomic mass is 16.2. The van der Waals surface area contributed by atoms with E-state index in [4.69, 9.17) is 0 Å². The molecule has 0 aliphatic carbocycles. The van der Waals surface area contributed by atoms with Gasteiger partial charge in [-0.2, -0.15) is 0 Å². The molecule has 0 fully saturated rings. The van der Waals surface area contributed by atoms with Crippen LogP contribution in [0.25, 0.3) is 0 Å². The van der Waals surface area contributed by atoms with Gasteiger partial charge in [0.1, 0.15) is 0 Å². The number of anilines is 1. The average Bonchev–Trinajstić information content (AvgIpc) is 2.56. The van der Waals surface area contributed by atoms with Gasteiger partial charge in [0.15, 0.2) is 5.78 Å². The van der Waals surface area contributed by atoms with E-state index in [-0.39, 0.29) is 23.8 Å². The van der Waals surface area contributed by atoms with Gasteiger partial charge in [-0.3, -0.25) is 14.9 Å². The van der Waals surface area contributed by atoms with Crippen molar-refractivity contribution >= 4 is 17.4 Å². The van der Waals surface area contributed by atoms with Gasteiger partial charge in [0.05, 0.1) is 6.04 Å². The van der Waals surface area contributed by atoms with Crippen LogP contribution in [0, 0.1) is 0 Å². The van der Waals surface area contributed by atoms with E-state index in [0.717, 1.165) is 5.56 Å². The normalized spacial score (nSPS) is 13.2. The molecule has 0 spiro atoms. The van der Waals surface area contributed by atoms with Gasteiger partial charge < -0.3 is 5.32 Å². The second-order valence-corrected chi connectivity index (χ2v) is 5.64. The second kappa shape index (κ2) is 7.70. The van der Waals surface area contributed by atoms with Gasteiger partial charge in [0, 0.05) is 17.3 Å². The largest absolute Gasteiger partial charge is 0.325 e. The maximum atomic E-state index is 12.3. The Labute approximate surface area is 136 Å².